The summed E-state index contributed by atoms with van der Waals surface area (Å²) in [5, 5.41) is 6.86. The molecule has 0 aliphatic rings. The Labute approximate surface area is 159 Å². The van der Waals surface area contributed by atoms with Gasteiger partial charge in [-0.1, -0.05) is 23.4 Å². The maximum absolute atomic E-state index is 12.7. The molecule has 0 atom stereocenters. The number of hydrogen-bond acceptors (Lipinski definition) is 4. The van der Waals surface area contributed by atoms with Crippen LogP contribution in [0.3, 0.4) is 0 Å². The fourth-order valence-corrected chi connectivity index (χ4v) is 2.96. The Morgan fingerprint density at radius 2 is 1.70 bits per heavy atom. The Morgan fingerprint density at radius 1 is 1.00 bits per heavy atom. The minimum absolute atomic E-state index is 0.216. The normalized spacial score (nSPS) is 10.7. The highest BCUT2D eigenvalue weighted by molar-refractivity contribution is 6.04. The van der Waals surface area contributed by atoms with Gasteiger partial charge in [0.15, 0.2) is 5.69 Å². The van der Waals surface area contributed by atoms with Crippen molar-refractivity contribution in [3.63, 3.8) is 0 Å². The minimum Gasteiger partial charge on any atom is -0.489 e. The van der Waals surface area contributed by atoms with E-state index in [0.717, 1.165) is 33.7 Å². The molecule has 1 aromatic heterocycles. The van der Waals surface area contributed by atoms with E-state index in [-0.39, 0.29) is 18.2 Å². The third-order valence-electron chi connectivity index (χ3n) is 4.42. The number of aryl methyl sites for hydroxylation is 5. The lowest BCUT2D eigenvalue weighted by Crippen LogP contribution is -2.16. The first-order chi connectivity index (χ1) is 12.8. The molecule has 5 heteroatoms. The van der Waals surface area contributed by atoms with Crippen molar-refractivity contribution < 1.29 is 14.1 Å². The molecule has 140 valence electrons. The van der Waals surface area contributed by atoms with E-state index in [4.69, 9.17) is 9.26 Å². The summed E-state index contributed by atoms with van der Waals surface area (Å²) in [5.41, 5.74) is 5.98. The Kier molecular flexibility index (Phi) is 5.31. The van der Waals surface area contributed by atoms with Crippen LogP contribution in [0.2, 0.25) is 0 Å². The van der Waals surface area contributed by atoms with E-state index in [1.807, 2.05) is 58.0 Å². The number of nitrogens with one attached hydrogen (secondary N) is 1. The van der Waals surface area contributed by atoms with Crippen LogP contribution >= 0.6 is 0 Å². The minimum atomic E-state index is -0.306. The highest BCUT2D eigenvalue weighted by Crippen LogP contribution is 2.22. The van der Waals surface area contributed by atoms with Gasteiger partial charge >= 0.3 is 0 Å². The maximum atomic E-state index is 12.7. The summed E-state index contributed by atoms with van der Waals surface area (Å²) >= 11 is 0. The van der Waals surface area contributed by atoms with Crippen molar-refractivity contribution in [1.82, 2.24) is 5.16 Å². The van der Waals surface area contributed by atoms with Gasteiger partial charge < -0.3 is 14.6 Å². The third-order valence-corrected chi connectivity index (χ3v) is 4.42. The van der Waals surface area contributed by atoms with Crippen molar-refractivity contribution in [2.75, 3.05) is 5.32 Å². The summed E-state index contributed by atoms with van der Waals surface area (Å²) in [5.74, 6) is 1.03. The average Bonchev–Trinajstić information content (AvgIpc) is 2.96. The maximum Gasteiger partial charge on any atom is 0.278 e. The zero-order chi connectivity index (χ0) is 19.6. The molecule has 3 rings (SSSR count). The second-order valence-electron chi connectivity index (χ2n) is 6.95. The predicted molar refractivity (Wildman–Crippen MR) is 105 cm³/mol. The van der Waals surface area contributed by atoms with E-state index in [9.17, 15) is 4.79 Å². The molecule has 0 saturated carbocycles. The topological polar surface area (TPSA) is 64.4 Å². The molecule has 0 aliphatic heterocycles. The van der Waals surface area contributed by atoms with E-state index in [1.165, 1.54) is 0 Å². The Hall–Kier alpha value is -3.08. The fraction of sp³-hybridized carbons (Fsp3) is 0.273. The van der Waals surface area contributed by atoms with Gasteiger partial charge in [0.2, 0.25) is 0 Å². The molecule has 0 spiro atoms. The summed E-state index contributed by atoms with van der Waals surface area (Å²) in [6.45, 7) is 9.97. The van der Waals surface area contributed by atoms with Gasteiger partial charge in [-0.05, 0) is 75.1 Å². The van der Waals surface area contributed by atoms with Crippen molar-refractivity contribution in [2.45, 2.75) is 41.2 Å². The van der Waals surface area contributed by atoms with Crippen LogP contribution in [0.4, 0.5) is 5.69 Å². The number of hydrogen-bond donors (Lipinski definition) is 1. The van der Waals surface area contributed by atoms with Crippen LogP contribution in [-0.2, 0) is 6.61 Å². The lowest BCUT2D eigenvalue weighted by Gasteiger charge is -2.10. The number of anilines is 1. The van der Waals surface area contributed by atoms with Crippen molar-refractivity contribution in [2.24, 2.45) is 0 Å². The van der Waals surface area contributed by atoms with Gasteiger partial charge in [-0.25, -0.2) is 0 Å². The molecule has 1 heterocycles. The molecule has 0 unspecified atom stereocenters. The number of carbonyl (C=O) groups excluding carboxylic acids is 1. The Bertz CT molecular complexity index is 969. The smallest absolute Gasteiger partial charge is 0.278 e. The van der Waals surface area contributed by atoms with Gasteiger partial charge in [-0.15, -0.1) is 0 Å². The summed E-state index contributed by atoms with van der Waals surface area (Å²) in [6.07, 6.45) is 0. The molecule has 0 fully saturated rings. The molecule has 1 N–H and O–H groups in total. The molecule has 27 heavy (non-hydrogen) atoms. The molecule has 1 amide bonds. The van der Waals surface area contributed by atoms with Crippen molar-refractivity contribution in [3.05, 3.63) is 75.7 Å². The lowest BCUT2D eigenvalue weighted by atomic mass is 10.1. The number of aromatic nitrogens is 1. The number of carbonyl (C=O) groups is 1. The largest absolute Gasteiger partial charge is 0.489 e. The van der Waals surface area contributed by atoms with Gasteiger partial charge in [-0.3, -0.25) is 4.79 Å². The van der Waals surface area contributed by atoms with Gasteiger partial charge in [-0.2, -0.15) is 0 Å². The fourth-order valence-electron chi connectivity index (χ4n) is 2.96. The summed E-state index contributed by atoms with van der Waals surface area (Å²) in [7, 11) is 0. The number of ether oxygens (including phenoxy) is 1. The Morgan fingerprint density at radius 3 is 2.41 bits per heavy atom. The molecular weight excluding hydrogens is 340 g/mol. The van der Waals surface area contributed by atoms with E-state index in [2.05, 4.69) is 16.5 Å². The van der Waals surface area contributed by atoms with Crippen molar-refractivity contribution >= 4 is 11.6 Å². The molecule has 3 aromatic rings. The van der Waals surface area contributed by atoms with Crippen LogP contribution in [0.15, 0.2) is 40.9 Å². The van der Waals surface area contributed by atoms with Crippen molar-refractivity contribution in [1.29, 1.82) is 0 Å². The monoisotopic (exact) mass is 364 g/mol. The highest BCUT2D eigenvalue weighted by Gasteiger charge is 2.21. The van der Waals surface area contributed by atoms with Crippen molar-refractivity contribution in [3.8, 4) is 5.75 Å². The van der Waals surface area contributed by atoms with Crippen LogP contribution < -0.4 is 10.1 Å². The zero-order valence-electron chi connectivity index (χ0n) is 16.3. The standard InChI is InChI=1S/C22H24N2O3/c1-13-6-7-16(4)20(11-13)23-22(25)21-19(17(5)27-24-21)12-26-18-9-14(2)8-15(3)10-18/h6-11H,12H2,1-5H3,(H,23,25). The molecule has 0 bridgehead atoms. The first-order valence-corrected chi connectivity index (χ1v) is 8.88. The third kappa shape index (κ3) is 4.37. The number of rotatable bonds is 5. The van der Waals surface area contributed by atoms with Gasteiger partial charge in [0.25, 0.3) is 5.91 Å². The van der Waals surface area contributed by atoms with Crippen LogP contribution in [-0.4, -0.2) is 11.1 Å². The van der Waals surface area contributed by atoms with Gasteiger partial charge in [0.05, 0.1) is 5.56 Å². The number of nitrogens with zero attached hydrogens (tertiary/aromatic N) is 1. The van der Waals surface area contributed by atoms with Gasteiger partial charge in [0, 0.05) is 5.69 Å². The SMILES string of the molecule is Cc1cc(C)cc(OCc2c(C(=O)Nc3cc(C)ccc3C)noc2C)c1. The van der Waals surface area contributed by atoms with E-state index in [0.29, 0.717) is 11.3 Å². The molecular formula is C22H24N2O3. The summed E-state index contributed by atoms with van der Waals surface area (Å²) in [4.78, 5) is 12.7. The van der Waals surface area contributed by atoms with E-state index < -0.39 is 0 Å². The molecule has 2 aromatic carbocycles. The highest BCUT2D eigenvalue weighted by atomic mass is 16.5. The summed E-state index contributed by atoms with van der Waals surface area (Å²) < 4.78 is 11.2. The van der Waals surface area contributed by atoms with Crippen LogP contribution in [0.25, 0.3) is 0 Å². The second kappa shape index (κ2) is 7.66. The zero-order valence-corrected chi connectivity index (χ0v) is 16.3. The van der Waals surface area contributed by atoms with Gasteiger partial charge in [0.1, 0.15) is 18.1 Å². The van der Waals surface area contributed by atoms with Crippen LogP contribution in [0.5, 0.6) is 5.75 Å². The van der Waals surface area contributed by atoms with Crippen LogP contribution in [0.1, 0.15) is 44.1 Å². The molecule has 5 nitrogen and oxygen atoms in total. The molecule has 0 radical (unpaired) electrons. The Balaban J connectivity index is 1.79. The first kappa shape index (κ1) is 18.7. The average molecular weight is 364 g/mol. The first-order valence-electron chi connectivity index (χ1n) is 8.88. The predicted octanol–water partition coefficient (Wildman–Crippen LogP) is 5.05. The number of benzene rings is 2. The van der Waals surface area contributed by atoms with Crippen LogP contribution in [0, 0.1) is 34.6 Å². The quantitative estimate of drug-likeness (QED) is 0.688. The lowest BCUT2D eigenvalue weighted by molar-refractivity contribution is 0.101. The summed E-state index contributed by atoms with van der Waals surface area (Å²) in [6, 6.07) is 11.9. The number of amides is 1. The molecule has 0 saturated heterocycles. The van der Waals surface area contributed by atoms with E-state index >= 15 is 0 Å². The molecule has 0 aliphatic carbocycles. The second-order valence-corrected chi connectivity index (χ2v) is 6.95. The van der Waals surface area contributed by atoms with E-state index in [1.54, 1.807) is 6.92 Å².